The third kappa shape index (κ3) is 3.16. The first-order valence-corrected chi connectivity index (χ1v) is 5.98. The Morgan fingerprint density at radius 2 is 2.11 bits per heavy atom. The lowest BCUT2D eigenvalue weighted by molar-refractivity contribution is -0.384. The largest absolute Gasteiger partial charge is 0.437 e. The van der Waals surface area contributed by atoms with E-state index in [1.54, 1.807) is 6.92 Å². The zero-order valence-corrected chi connectivity index (χ0v) is 11.4. The number of aryl methyl sites for hydroxylation is 1. The second-order valence-electron chi connectivity index (χ2n) is 3.65. The molecule has 0 saturated carbocycles. The zero-order valence-electron chi connectivity index (χ0n) is 9.83. The SMILES string of the molecule is Cc1nc(N)cc(Oc2cc([N+](=O)[O-])ccc2Br)n1. The molecule has 0 unspecified atom stereocenters. The fraction of sp³-hybridized carbons (Fsp3) is 0.0909. The number of aromatic nitrogens is 2. The summed E-state index contributed by atoms with van der Waals surface area (Å²) in [4.78, 5) is 18.2. The van der Waals surface area contributed by atoms with Crippen LogP contribution in [0.15, 0.2) is 28.7 Å². The predicted molar refractivity (Wildman–Crippen MR) is 72.1 cm³/mol. The van der Waals surface area contributed by atoms with Crippen molar-refractivity contribution in [2.75, 3.05) is 5.73 Å². The average Bonchev–Trinajstić information content (AvgIpc) is 2.30. The van der Waals surface area contributed by atoms with Crippen LogP contribution < -0.4 is 10.5 Å². The topological polar surface area (TPSA) is 104 Å². The summed E-state index contributed by atoms with van der Waals surface area (Å²) in [6, 6.07) is 5.65. The van der Waals surface area contributed by atoms with Gasteiger partial charge < -0.3 is 10.5 Å². The molecule has 8 heteroatoms. The molecule has 0 spiro atoms. The van der Waals surface area contributed by atoms with Crippen molar-refractivity contribution in [1.82, 2.24) is 9.97 Å². The first kappa shape index (κ1) is 13.2. The number of ether oxygens (including phenoxy) is 1. The molecule has 0 amide bonds. The number of rotatable bonds is 3. The summed E-state index contributed by atoms with van der Waals surface area (Å²) >= 11 is 3.25. The molecule has 0 bridgehead atoms. The van der Waals surface area contributed by atoms with Crippen LogP contribution in [-0.2, 0) is 0 Å². The first-order chi connectivity index (χ1) is 8.95. The number of hydrogen-bond acceptors (Lipinski definition) is 6. The number of non-ortho nitro benzene ring substituents is 1. The fourth-order valence-corrected chi connectivity index (χ4v) is 1.74. The number of halogens is 1. The predicted octanol–water partition coefficient (Wildman–Crippen LogP) is 2.83. The van der Waals surface area contributed by atoms with Gasteiger partial charge in [0.05, 0.1) is 15.5 Å². The molecular weight excluding hydrogens is 316 g/mol. The molecule has 1 heterocycles. The molecule has 2 aromatic rings. The van der Waals surface area contributed by atoms with Crippen LogP contribution in [0.3, 0.4) is 0 Å². The Hall–Kier alpha value is -2.22. The summed E-state index contributed by atoms with van der Waals surface area (Å²) in [7, 11) is 0. The van der Waals surface area contributed by atoms with Crippen LogP contribution >= 0.6 is 15.9 Å². The van der Waals surface area contributed by atoms with E-state index >= 15 is 0 Å². The summed E-state index contributed by atoms with van der Waals surface area (Å²) in [6.45, 7) is 1.67. The van der Waals surface area contributed by atoms with E-state index in [-0.39, 0.29) is 23.1 Å². The van der Waals surface area contributed by atoms with Crippen molar-refractivity contribution < 1.29 is 9.66 Å². The standard InChI is InChI=1S/C11H9BrN4O3/c1-6-14-10(13)5-11(15-6)19-9-4-7(16(17)18)2-3-8(9)12/h2-5H,1H3,(H2,13,14,15). The maximum Gasteiger partial charge on any atom is 0.273 e. The molecule has 1 aromatic carbocycles. The molecule has 19 heavy (non-hydrogen) atoms. The van der Waals surface area contributed by atoms with Crippen molar-refractivity contribution in [3.05, 3.63) is 44.7 Å². The van der Waals surface area contributed by atoms with E-state index in [0.717, 1.165) is 0 Å². The molecule has 0 aliphatic rings. The number of nitrogens with two attached hydrogens (primary N) is 1. The fourth-order valence-electron chi connectivity index (χ4n) is 1.41. The van der Waals surface area contributed by atoms with Gasteiger partial charge in [0.2, 0.25) is 5.88 Å². The number of nitro benzene ring substituents is 1. The average molecular weight is 325 g/mol. The van der Waals surface area contributed by atoms with Gasteiger partial charge in [-0.05, 0) is 28.9 Å². The van der Waals surface area contributed by atoms with E-state index in [2.05, 4.69) is 25.9 Å². The Kier molecular flexibility index (Phi) is 3.61. The molecule has 0 aliphatic heterocycles. The number of anilines is 1. The molecule has 7 nitrogen and oxygen atoms in total. The Morgan fingerprint density at radius 1 is 1.37 bits per heavy atom. The van der Waals surface area contributed by atoms with E-state index in [0.29, 0.717) is 10.3 Å². The van der Waals surface area contributed by atoms with E-state index in [4.69, 9.17) is 10.5 Å². The van der Waals surface area contributed by atoms with Gasteiger partial charge in [-0.15, -0.1) is 0 Å². The summed E-state index contributed by atoms with van der Waals surface area (Å²) < 4.78 is 6.06. The van der Waals surface area contributed by atoms with E-state index in [1.165, 1.54) is 24.3 Å². The second kappa shape index (κ2) is 5.19. The minimum Gasteiger partial charge on any atom is -0.437 e. The summed E-state index contributed by atoms with van der Waals surface area (Å²) in [6.07, 6.45) is 0. The number of nitrogen functional groups attached to an aromatic ring is 1. The highest BCUT2D eigenvalue weighted by molar-refractivity contribution is 9.10. The van der Waals surface area contributed by atoms with Crippen LogP contribution in [-0.4, -0.2) is 14.9 Å². The minimum atomic E-state index is -0.501. The number of hydrogen-bond donors (Lipinski definition) is 1. The number of benzene rings is 1. The van der Waals surface area contributed by atoms with Crippen LogP contribution in [0.25, 0.3) is 0 Å². The molecule has 0 saturated heterocycles. The van der Waals surface area contributed by atoms with Gasteiger partial charge in [-0.2, -0.15) is 4.98 Å². The molecule has 98 valence electrons. The van der Waals surface area contributed by atoms with Crippen molar-refractivity contribution in [1.29, 1.82) is 0 Å². The maximum atomic E-state index is 10.7. The van der Waals surface area contributed by atoms with Gasteiger partial charge in [0.1, 0.15) is 11.6 Å². The van der Waals surface area contributed by atoms with Crippen LogP contribution in [0.4, 0.5) is 11.5 Å². The minimum absolute atomic E-state index is 0.0723. The van der Waals surface area contributed by atoms with Gasteiger partial charge >= 0.3 is 0 Å². The quantitative estimate of drug-likeness (QED) is 0.687. The van der Waals surface area contributed by atoms with E-state index in [9.17, 15) is 10.1 Å². The van der Waals surface area contributed by atoms with Crippen molar-refractivity contribution in [3.8, 4) is 11.6 Å². The molecular formula is C11H9BrN4O3. The number of nitro groups is 1. The molecule has 1 aromatic heterocycles. The molecule has 0 atom stereocenters. The summed E-state index contributed by atoms with van der Waals surface area (Å²) in [5, 5.41) is 10.7. The van der Waals surface area contributed by atoms with Crippen molar-refractivity contribution in [2.24, 2.45) is 0 Å². The number of nitrogens with zero attached hydrogens (tertiary/aromatic N) is 3. The first-order valence-electron chi connectivity index (χ1n) is 5.18. The monoisotopic (exact) mass is 324 g/mol. The highest BCUT2D eigenvalue weighted by Gasteiger charge is 2.12. The van der Waals surface area contributed by atoms with Crippen molar-refractivity contribution in [3.63, 3.8) is 0 Å². The van der Waals surface area contributed by atoms with Gasteiger partial charge in [-0.25, -0.2) is 4.98 Å². The third-order valence-corrected chi connectivity index (χ3v) is 2.83. The second-order valence-corrected chi connectivity index (χ2v) is 4.51. The van der Waals surface area contributed by atoms with Crippen LogP contribution in [0, 0.1) is 17.0 Å². The molecule has 2 rings (SSSR count). The van der Waals surface area contributed by atoms with Gasteiger partial charge in [-0.1, -0.05) is 0 Å². The van der Waals surface area contributed by atoms with E-state index in [1.807, 2.05) is 0 Å². The van der Waals surface area contributed by atoms with Crippen LogP contribution in [0.2, 0.25) is 0 Å². The van der Waals surface area contributed by atoms with Crippen molar-refractivity contribution >= 4 is 27.4 Å². The lowest BCUT2D eigenvalue weighted by Crippen LogP contribution is -1.98. The van der Waals surface area contributed by atoms with Crippen LogP contribution in [0.1, 0.15) is 5.82 Å². The van der Waals surface area contributed by atoms with E-state index < -0.39 is 4.92 Å². The lowest BCUT2D eigenvalue weighted by atomic mass is 10.3. The normalized spacial score (nSPS) is 10.2. The van der Waals surface area contributed by atoms with Crippen molar-refractivity contribution in [2.45, 2.75) is 6.92 Å². The molecule has 0 radical (unpaired) electrons. The Balaban J connectivity index is 2.37. The smallest absolute Gasteiger partial charge is 0.273 e. The summed E-state index contributed by atoms with van der Waals surface area (Å²) in [5.41, 5.74) is 5.51. The zero-order chi connectivity index (χ0) is 14.0. The Bertz CT molecular complexity index is 628. The van der Waals surface area contributed by atoms with Gasteiger partial charge in [0, 0.05) is 12.1 Å². The van der Waals surface area contributed by atoms with Gasteiger partial charge in [0.15, 0.2) is 5.75 Å². The van der Waals surface area contributed by atoms with Gasteiger partial charge in [-0.3, -0.25) is 10.1 Å². The third-order valence-electron chi connectivity index (χ3n) is 2.17. The summed E-state index contributed by atoms with van der Waals surface area (Å²) in [5.74, 6) is 1.23. The van der Waals surface area contributed by atoms with Crippen LogP contribution in [0.5, 0.6) is 11.6 Å². The molecule has 0 aliphatic carbocycles. The van der Waals surface area contributed by atoms with Gasteiger partial charge in [0.25, 0.3) is 5.69 Å². The lowest BCUT2D eigenvalue weighted by Gasteiger charge is -2.07. The molecule has 0 fully saturated rings. The Morgan fingerprint density at radius 3 is 2.74 bits per heavy atom. The molecule has 2 N–H and O–H groups in total. The highest BCUT2D eigenvalue weighted by atomic mass is 79.9. The Labute approximate surface area is 116 Å². The maximum absolute atomic E-state index is 10.7. The highest BCUT2D eigenvalue weighted by Crippen LogP contribution is 2.32.